The van der Waals surface area contributed by atoms with Crippen LogP contribution in [0.1, 0.15) is 46.6 Å². The number of carbonyl (C=O) groups excluding carboxylic acids is 1. The zero-order valence-corrected chi connectivity index (χ0v) is 19.8. The normalized spacial score (nSPS) is 12.9. The van der Waals surface area contributed by atoms with Crippen LogP contribution < -0.4 is 9.50 Å². The molecule has 1 N–H and O–H groups in total. The van der Waals surface area contributed by atoms with E-state index < -0.39 is 21.5 Å². The second-order valence-corrected chi connectivity index (χ2v) is 10.3. The van der Waals surface area contributed by atoms with Gasteiger partial charge >= 0.3 is 16.1 Å². The lowest BCUT2D eigenvalue weighted by atomic mass is 10.1. The van der Waals surface area contributed by atoms with Crippen molar-refractivity contribution in [3.8, 4) is 5.75 Å². The predicted molar refractivity (Wildman–Crippen MR) is 119 cm³/mol. The van der Waals surface area contributed by atoms with Gasteiger partial charge in [0.15, 0.2) is 0 Å². The van der Waals surface area contributed by atoms with Crippen molar-refractivity contribution in [2.24, 2.45) is 0 Å². The van der Waals surface area contributed by atoms with Gasteiger partial charge in [0.2, 0.25) is 0 Å². The number of amides is 2. The smallest absolute Gasteiger partial charge is 0.339 e. The standard InChI is InChI=1S/C22H28ClFN2O4S/c1-6-15(2)26(21(27)25-22(3,4)5)14-16-13-17(23)7-12-20(16)30-31(28,29)19-10-8-18(24)9-11-19/h7-13,15H,6,14H2,1-5H3,(H,25,27). The first-order chi connectivity index (χ1) is 14.3. The molecule has 9 heteroatoms. The minimum Gasteiger partial charge on any atom is -0.379 e. The van der Waals surface area contributed by atoms with Gasteiger partial charge in [-0.3, -0.25) is 0 Å². The van der Waals surface area contributed by atoms with Gasteiger partial charge < -0.3 is 14.4 Å². The molecule has 2 aromatic rings. The highest BCUT2D eigenvalue weighted by molar-refractivity contribution is 7.87. The Morgan fingerprint density at radius 3 is 2.35 bits per heavy atom. The van der Waals surface area contributed by atoms with Crippen molar-refractivity contribution in [1.82, 2.24) is 10.2 Å². The van der Waals surface area contributed by atoms with Crippen molar-refractivity contribution in [1.29, 1.82) is 0 Å². The van der Waals surface area contributed by atoms with E-state index in [1.807, 2.05) is 34.6 Å². The van der Waals surface area contributed by atoms with Gasteiger partial charge in [0.05, 0.1) is 6.54 Å². The Morgan fingerprint density at radius 2 is 1.81 bits per heavy atom. The third kappa shape index (κ3) is 7.11. The Morgan fingerprint density at radius 1 is 1.19 bits per heavy atom. The van der Waals surface area contributed by atoms with Crippen LogP contribution in [0, 0.1) is 5.82 Å². The van der Waals surface area contributed by atoms with Crippen molar-refractivity contribution < 1.29 is 21.8 Å². The van der Waals surface area contributed by atoms with Gasteiger partial charge in [-0.2, -0.15) is 8.42 Å². The van der Waals surface area contributed by atoms with Gasteiger partial charge in [-0.25, -0.2) is 9.18 Å². The summed E-state index contributed by atoms with van der Waals surface area (Å²) in [4.78, 5) is 14.3. The van der Waals surface area contributed by atoms with E-state index >= 15 is 0 Å². The predicted octanol–water partition coefficient (Wildman–Crippen LogP) is 5.36. The molecule has 2 rings (SSSR count). The fourth-order valence-electron chi connectivity index (χ4n) is 2.74. The number of nitrogens with one attached hydrogen (secondary N) is 1. The minimum absolute atomic E-state index is 0.0468. The summed E-state index contributed by atoms with van der Waals surface area (Å²) in [5, 5.41) is 3.30. The quantitative estimate of drug-likeness (QED) is 0.553. The molecule has 2 amide bonds. The van der Waals surface area contributed by atoms with Gasteiger partial charge in [0, 0.05) is 22.2 Å². The molecule has 0 saturated carbocycles. The molecule has 0 spiro atoms. The average Bonchev–Trinajstić information content (AvgIpc) is 2.66. The molecule has 0 fully saturated rings. The highest BCUT2D eigenvalue weighted by atomic mass is 35.5. The number of hydrogen-bond acceptors (Lipinski definition) is 4. The van der Waals surface area contributed by atoms with E-state index in [2.05, 4.69) is 5.32 Å². The molecule has 0 aliphatic heterocycles. The summed E-state index contributed by atoms with van der Waals surface area (Å²) in [7, 11) is -4.20. The summed E-state index contributed by atoms with van der Waals surface area (Å²) in [6, 6.07) is 8.44. The first kappa shape index (κ1) is 24.9. The number of rotatable bonds is 7. The van der Waals surface area contributed by atoms with Gasteiger partial charge in [-0.05, 0) is 76.6 Å². The maximum atomic E-state index is 13.2. The molecular weight excluding hydrogens is 443 g/mol. The number of hydrogen-bond donors (Lipinski definition) is 1. The molecule has 0 aromatic heterocycles. The van der Waals surface area contributed by atoms with Crippen molar-refractivity contribution in [3.05, 3.63) is 58.9 Å². The second-order valence-electron chi connectivity index (χ2n) is 8.31. The number of urea groups is 1. The Hall–Kier alpha value is -2.32. The molecule has 0 aliphatic rings. The maximum absolute atomic E-state index is 13.2. The molecule has 6 nitrogen and oxygen atoms in total. The third-order valence-electron chi connectivity index (χ3n) is 4.53. The van der Waals surface area contributed by atoms with Crippen molar-refractivity contribution in [2.75, 3.05) is 0 Å². The van der Waals surface area contributed by atoms with Crippen LogP contribution in [-0.4, -0.2) is 30.9 Å². The molecule has 0 bridgehead atoms. The molecule has 0 heterocycles. The summed E-state index contributed by atoms with van der Waals surface area (Å²) in [5.74, 6) is -0.509. The Bertz CT molecular complexity index is 1020. The zero-order valence-electron chi connectivity index (χ0n) is 18.3. The van der Waals surface area contributed by atoms with E-state index in [9.17, 15) is 17.6 Å². The van der Waals surface area contributed by atoms with Crippen LogP contribution in [0.2, 0.25) is 5.02 Å². The van der Waals surface area contributed by atoms with Gasteiger partial charge in [-0.15, -0.1) is 0 Å². The lowest BCUT2D eigenvalue weighted by molar-refractivity contribution is 0.164. The third-order valence-corrected chi connectivity index (χ3v) is 6.01. The van der Waals surface area contributed by atoms with Crippen LogP contribution in [0.3, 0.4) is 0 Å². The first-order valence-corrected chi connectivity index (χ1v) is 11.7. The molecule has 0 saturated heterocycles. The summed E-state index contributed by atoms with van der Waals surface area (Å²) in [6.07, 6.45) is 0.697. The SMILES string of the molecule is CCC(C)N(Cc1cc(Cl)ccc1OS(=O)(=O)c1ccc(F)cc1)C(=O)NC(C)(C)C. The highest BCUT2D eigenvalue weighted by Crippen LogP contribution is 2.28. The molecule has 31 heavy (non-hydrogen) atoms. The fraction of sp³-hybridized carbons (Fsp3) is 0.409. The highest BCUT2D eigenvalue weighted by Gasteiger charge is 2.26. The van der Waals surface area contributed by atoms with Gasteiger partial charge in [-0.1, -0.05) is 18.5 Å². The van der Waals surface area contributed by atoms with Crippen LogP contribution in [-0.2, 0) is 16.7 Å². The molecule has 170 valence electrons. The maximum Gasteiger partial charge on any atom is 0.339 e. The van der Waals surface area contributed by atoms with Crippen LogP contribution in [0.4, 0.5) is 9.18 Å². The van der Waals surface area contributed by atoms with Crippen LogP contribution in [0.15, 0.2) is 47.4 Å². The van der Waals surface area contributed by atoms with Crippen LogP contribution in [0.5, 0.6) is 5.75 Å². The van der Waals surface area contributed by atoms with Gasteiger partial charge in [0.25, 0.3) is 0 Å². The minimum atomic E-state index is -4.20. The Kier molecular flexibility index (Phi) is 7.94. The summed E-state index contributed by atoms with van der Waals surface area (Å²) in [5.41, 5.74) is -0.00917. The van der Waals surface area contributed by atoms with Crippen molar-refractivity contribution in [2.45, 2.75) is 64.1 Å². The number of halogens is 2. The van der Waals surface area contributed by atoms with Crippen molar-refractivity contribution in [3.63, 3.8) is 0 Å². The second kappa shape index (κ2) is 9.87. The lowest BCUT2D eigenvalue weighted by Gasteiger charge is -2.32. The molecule has 0 radical (unpaired) electrons. The number of nitrogens with zero attached hydrogens (tertiary/aromatic N) is 1. The Labute approximate surface area is 188 Å². The summed E-state index contributed by atoms with van der Waals surface area (Å²) in [6.45, 7) is 9.58. The molecule has 0 aliphatic carbocycles. The summed E-state index contributed by atoms with van der Waals surface area (Å²) >= 11 is 6.14. The van der Waals surface area contributed by atoms with E-state index in [0.717, 1.165) is 24.3 Å². The molecule has 2 aromatic carbocycles. The van der Waals surface area contributed by atoms with E-state index in [1.54, 1.807) is 11.0 Å². The van der Waals surface area contributed by atoms with Crippen LogP contribution in [0.25, 0.3) is 0 Å². The Balaban J connectivity index is 2.38. The molecule has 1 unspecified atom stereocenters. The summed E-state index contributed by atoms with van der Waals surface area (Å²) < 4.78 is 43.9. The topological polar surface area (TPSA) is 75.7 Å². The largest absolute Gasteiger partial charge is 0.379 e. The molecular formula is C22H28ClFN2O4S. The van der Waals surface area contributed by atoms with E-state index in [0.29, 0.717) is 17.0 Å². The first-order valence-electron chi connectivity index (χ1n) is 9.89. The van der Waals surface area contributed by atoms with Crippen molar-refractivity contribution >= 4 is 27.8 Å². The monoisotopic (exact) mass is 470 g/mol. The van der Waals surface area contributed by atoms with E-state index in [1.165, 1.54) is 12.1 Å². The van der Waals surface area contributed by atoms with Crippen LogP contribution >= 0.6 is 11.6 Å². The van der Waals surface area contributed by atoms with E-state index in [4.69, 9.17) is 15.8 Å². The molecule has 1 atom stereocenters. The number of carbonyl (C=O) groups is 1. The van der Waals surface area contributed by atoms with E-state index in [-0.39, 0.29) is 29.3 Å². The van der Waals surface area contributed by atoms with Gasteiger partial charge in [0.1, 0.15) is 16.5 Å². The lowest BCUT2D eigenvalue weighted by Crippen LogP contribution is -2.50. The number of benzene rings is 2. The fourth-order valence-corrected chi connectivity index (χ4v) is 3.90. The average molecular weight is 471 g/mol. The zero-order chi connectivity index (χ0) is 23.4.